The Morgan fingerprint density at radius 1 is 0.922 bits per heavy atom. The van der Waals surface area contributed by atoms with E-state index >= 15 is 13.2 Å². The fourth-order valence-electron chi connectivity index (χ4n) is 10.5. The van der Waals surface area contributed by atoms with Crippen LogP contribution in [-0.4, -0.2) is 55.8 Å². The molecule has 284 valence electrons. The van der Waals surface area contributed by atoms with E-state index in [4.69, 9.17) is 18.9 Å². The van der Waals surface area contributed by atoms with Crippen molar-refractivity contribution in [1.29, 1.82) is 0 Å². The van der Waals surface area contributed by atoms with Crippen molar-refractivity contribution in [3.63, 3.8) is 0 Å². The lowest BCUT2D eigenvalue weighted by atomic mass is 9.38. The average Bonchev–Trinajstić information content (AvgIpc) is 3.01. The molecule has 1 aromatic rings. The number of halogens is 3. The number of benzene rings is 1. The van der Waals surface area contributed by atoms with Gasteiger partial charge >= 0.3 is 24.1 Å². The van der Waals surface area contributed by atoms with E-state index in [0.717, 1.165) is 51.3 Å². The number of ketones is 1. The molecule has 0 saturated heterocycles. The molecule has 51 heavy (non-hydrogen) atoms. The standard InChI is InChI=1S/C40H55F3O8/c1-24-30(37(7)20-16-33-36(5,6)18-13-19-38(33,8)34(37)23-31(24)50-27(4)46)22-32(29(25(2)44)17-21-49-26(3)45)51-35(47)39(48-9,40(41,42)43)28-14-11-10-12-15-28/h10-12,14-15,29-34H,1,13,16-23H2,2-9H3/t29-,30-,31+,32+,33+,34+,37+,38+,39+/m1/s1. The number of rotatable bonds is 12. The van der Waals surface area contributed by atoms with Gasteiger partial charge in [-0.15, -0.1) is 0 Å². The van der Waals surface area contributed by atoms with Crippen LogP contribution in [0.4, 0.5) is 13.2 Å². The molecular formula is C40H55F3O8. The third-order valence-electron chi connectivity index (χ3n) is 12.9. The van der Waals surface area contributed by atoms with Gasteiger partial charge in [-0.2, -0.15) is 13.2 Å². The Hall–Kier alpha value is -3.21. The Kier molecular flexibility index (Phi) is 12.0. The number of Topliss-reactive ketones (excluding diaryl/α,β-unsaturated/α-hetero) is 1. The summed E-state index contributed by atoms with van der Waals surface area (Å²) in [5, 5.41) is 0. The van der Waals surface area contributed by atoms with Gasteiger partial charge < -0.3 is 18.9 Å². The highest BCUT2D eigenvalue weighted by Gasteiger charge is 2.66. The van der Waals surface area contributed by atoms with Crippen molar-refractivity contribution in [2.75, 3.05) is 13.7 Å². The van der Waals surface area contributed by atoms with E-state index in [0.29, 0.717) is 17.9 Å². The summed E-state index contributed by atoms with van der Waals surface area (Å²) in [6.45, 7) is 17.1. The van der Waals surface area contributed by atoms with Crippen LogP contribution in [0.5, 0.6) is 0 Å². The lowest BCUT2D eigenvalue weighted by molar-refractivity contribution is -0.279. The predicted molar refractivity (Wildman–Crippen MR) is 184 cm³/mol. The second kappa shape index (κ2) is 15.0. The first-order valence-electron chi connectivity index (χ1n) is 18.0. The van der Waals surface area contributed by atoms with Crippen molar-refractivity contribution in [3.8, 4) is 0 Å². The maximum atomic E-state index is 15.0. The number of carbonyl (C=O) groups excluding carboxylic acids is 4. The van der Waals surface area contributed by atoms with E-state index < -0.39 is 70.5 Å². The Labute approximate surface area is 300 Å². The van der Waals surface area contributed by atoms with Gasteiger partial charge in [0.15, 0.2) is 0 Å². The van der Waals surface area contributed by atoms with Gasteiger partial charge in [0.2, 0.25) is 0 Å². The number of carbonyl (C=O) groups is 4. The van der Waals surface area contributed by atoms with E-state index in [1.165, 1.54) is 39.0 Å². The first-order valence-corrected chi connectivity index (χ1v) is 18.0. The maximum absolute atomic E-state index is 15.0. The third kappa shape index (κ3) is 7.65. The van der Waals surface area contributed by atoms with Crippen LogP contribution in [0.1, 0.15) is 105 Å². The monoisotopic (exact) mass is 720 g/mol. The summed E-state index contributed by atoms with van der Waals surface area (Å²) in [4.78, 5) is 51.6. The van der Waals surface area contributed by atoms with Crippen LogP contribution in [-0.2, 0) is 43.7 Å². The van der Waals surface area contributed by atoms with Gasteiger partial charge in [0.1, 0.15) is 18.0 Å². The lowest BCUT2D eigenvalue weighted by Crippen LogP contribution is -2.61. The highest BCUT2D eigenvalue weighted by molar-refractivity contribution is 5.84. The second-order valence-corrected chi connectivity index (χ2v) is 16.2. The molecule has 8 nitrogen and oxygen atoms in total. The van der Waals surface area contributed by atoms with Gasteiger partial charge in [0.25, 0.3) is 5.60 Å². The molecule has 0 unspecified atom stereocenters. The van der Waals surface area contributed by atoms with Gasteiger partial charge in [-0.1, -0.05) is 71.0 Å². The number of methoxy groups -OCH3 is 1. The smallest absolute Gasteiger partial charge is 0.432 e. The highest BCUT2D eigenvalue weighted by atomic mass is 19.4. The molecule has 0 spiro atoms. The van der Waals surface area contributed by atoms with Crippen molar-refractivity contribution in [3.05, 3.63) is 48.0 Å². The van der Waals surface area contributed by atoms with Crippen LogP contribution in [0, 0.1) is 39.9 Å². The molecule has 11 heteroatoms. The zero-order chi connectivity index (χ0) is 38.2. The number of hydrogen-bond acceptors (Lipinski definition) is 8. The third-order valence-corrected chi connectivity index (χ3v) is 12.9. The topological polar surface area (TPSA) is 105 Å². The minimum Gasteiger partial charge on any atom is -0.466 e. The van der Waals surface area contributed by atoms with Gasteiger partial charge in [0.05, 0.1) is 12.5 Å². The van der Waals surface area contributed by atoms with Gasteiger partial charge in [-0.05, 0) is 91.4 Å². The van der Waals surface area contributed by atoms with E-state index in [-0.39, 0.29) is 36.2 Å². The molecule has 4 rings (SSSR count). The number of ether oxygens (including phenoxy) is 4. The van der Waals surface area contributed by atoms with Crippen molar-refractivity contribution in [2.45, 2.75) is 124 Å². The summed E-state index contributed by atoms with van der Waals surface area (Å²) in [5.41, 5.74) is -3.90. The maximum Gasteiger partial charge on any atom is 0.432 e. The zero-order valence-corrected chi connectivity index (χ0v) is 31.3. The Bertz CT molecular complexity index is 1470. The van der Waals surface area contributed by atoms with Crippen molar-refractivity contribution < 1.29 is 51.3 Å². The molecule has 9 atom stereocenters. The Morgan fingerprint density at radius 2 is 1.57 bits per heavy atom. The minimum absolute atomic E-state index is 0.0360. The SMILES string of the molecule is C=C1[C@@H](OC(C)=O)C[C@H]2[C@@](C)(CC[C@H]3C(C)(C)CCC[C@]23C)[C@@H]1C[C@H](OC(=O)[C@@](OC)(c1ccccc1)C(F)(F)F)[C@H](CCOC(C)=O)C(C)=O. The largest absolute Gasteiger partial charge is 0.466 e. The van der Waals surface area contributed by atoms with Crippen LogP contribution >= 0.6 is 0 Å². The van der Waals surface area contributed by atoms with E-state index in [9.17, 15) is 19.2 Å². The molecule has 0 amide bonds. The number of hydrogen-bond donors (Lipinski definition) is 0. The summed E-state index contributed by atoms with van der Waals surface area (Å²) < 4.78 is 67.1. The quantitative estimate of drug-likeness (QED) is 0.121. The summed E-state index contributed by atoms with van der Waals surface area (Å²) in [5.74, 6) is -4.43. The summed E-state index contributed by atoms with van der Waals surface area (Å²) in [6.07, 6.45) is -2.10. The van der Waals surface area contributed by atoms with Crippen molar-refractivity contribution >= 4 is 23.7 Å². The van der Waals surface area contributed by atoms with Crippen LogP contribution in [0.25, 0.3) is 0 Å². The molecule has 0 radical (unpaired) electrons. The summed E-state index contributed by atoms with van der Waals surface area (Å²) in [6, 6.07) is 6.52. The van der Waals surface area contributed by atoms with Gasteiger partial charge in [-0.3, -0.25) is 14.4 Å². The number of fused-ring (bicyclic) bond motifs is 3. The number of alkyl halides is 3. The van der Waals surface area contributed by atoms with E-state index in [1.54, 1.807) is 0 Å². The molecule has 3 fully saturated rings. The van der Waals surface area contributed by atoms with E-state index in [2.05, 4.69) is 34.3 Å². The molecule has 1 aromatic carbocycles. The molecule has 0 heterocycles. The fourth-order valence-corrected chi connectivity index (χ4v) is 10.5. The second-order valence-electron chi connectivity index (χ2n) is 16.2. The fraction of sp³-hybridized carbons (Fsp3) is 0.700. The molecule has 0 aliphatic heterocycles. The molecular weight excluding hydrogens is 665 g/mol. The molecule has 3 saturated carbocycles. The first kappa shape index (κ1) is 40.6. The Balaban J connectivity index is 1.84. The van der Waals surface area contributed by atoms with Crippen molar-refractivity contribution in [1.82, 2.24) is 0 Å². The molecule has 0 N–H and O–H groups in total. The van der Waals surface area contributed by atoms with Crippen molar-refractivity contribution in [2.24, 2.45) is 39.9 Å². The summed E-state index contributed by atoms with van der Waals surface area (Å²) in [7, 11) is 0.795. The molecule has 0 aromatic heterocycles. The van der Waals surface area contributed by atoms with Crippen LogP contribution in [0.15, 0.2) is 42.5 Å². The van der Waals surface area contributed by atoms with Gasteiger partial charge in [0, 0.05) is 26.5 Å². The highest BCUT2D eigenvalue weighted by Crippen LogP contribution is 2.69. The minimum atomic E-state index is -5.24. The Morgan fingerprint density at radius 3 is 2.12 bits per heavy atom. The summed E-state index contributed by atoms with van der Waals surface area (Å²) >= 11 is 0. The molecule has 3 aliphatic rings. The number of esters is 3. The van der Waals surface area contributed by atoms with Gasteiger partial charge in [-0.25, -0.2) is 4.79 Å². The lowest BCUT2D eigenvalue weighted by Gasteiger charge is -2.66. The average molecular weight is 721 g/mol. The molecule has 0 bridgehead atoms. The molecule has 3 aliphatic carbocycles. The van der Waals surface area contributed by atoms with E-state index in [1.807, 2.05) is 0 Å². The zero-order valence-electron chi connectivity index (χ0n) is 31.3. The van der Waals surface area contributed by atoms with Crippen LogP contribution in [0.2, 0.25) is 0 Å². The van der Waals surface area contributed by atoms with Crippen LogP contribution in [0.3, 0.4) is 0 Å². The van der Waals surface area contributed by atoms with Crippen LogP contribution < -0.4 is 0 Å². The predicted octanol–water partition coefficient (Wildman–Crippen LogP) is 8.31. The normalized spacial score (nSPS) is 31.2. The first-order chi connectivity index (χ1) is 23.7.